The standard InChI is InChI=1S/C32H19N3/c33-20-24-11-7-12-25(21-34)31(24)29-16-8-15-28-27-18-17-23(22-9-3-1-4-10-22)19-30(27)35(32(28)29)26-13-5-2-6-14-26/h1-19H. The summed E-state index contributed by atoms with van der Waals surface area (Å²) in [7, 11) is 0. The monoisotopic (exact) mass is 445 g/mol. The highest BCUT2D eigenvalue weighted by Crippen LogP contribution is 2.41. The Balaban J connectivity index is 1.79. The van der Waals surface area contributed by atoms with Crippen molar-refractivity contribution in [3.63, 3.8) is 0 Å². The van der Waals surface area contributed by atoms with Gasteiger partial charge in [0, 0.05) is 27.6 Å². The van der Waals surface area contributed by atoms with Crippen LogP contribution in [0, 0.1) is 22.7 Å². The van der Waals surface area contributed by atoms with E-state index in [9.17, 15) is 10.5 Å². The summed E-state index contributed by atoms with van der Waals surface area (Å²) in [6.45, 7) is 0. The van der Waals surface area contributed by atoms with Crippen molar-refractivity contribution >= 4 is 21.8 Å². The molecule has 1 aromatic heterocycles. The molecule has 0 N–H and O–H groups in total. The molecule has 3 nitrogen and oxygen atoms in total. The molecule has 1 heterocycles. The van der Waals surface area contributed by atoms with E-state index in [1.54, 1.807) is 18.2 Å². The number of hydrogen-bond acceptors (Lipinski definition) is 2. The van der Waals surface area contributed by atoms with Crippen LogP contribution in [0.2, 0.25) is 0 Å². The Morgan fingerprint density at radius 1 is 0.543 bits per heavy atom. The summed E-state index contributed by atoms with van der Waals surface area (Å²) in [4.78, 5) is 0. The van der Waals surface area contributed by atoms with Crippen LogP contribution in [0.4, 0.5) is 0 Å². The van der Waals surface area contributed by atoms with Gasteiger partial charge < -0.3 is 4.57 Å². The van der Waals surface area contributed by atoms with Crippen LogP contribution >= 0.6 is 0 Å². The highest BCUT2D eigenvalue weighted by molar-refractivity contribution is 6.15. The van der Waals surface area contributed by atoms with Gasteiger partial charge in [0.15, 0.2) is 0 Å². The van der Waals surface area contributed by atoms with Crippen molar-refractivity contribution in [2.24, 2.45) is 0 Å². The third kappa shape index (κ3) is 3.27. The molecule has 0 unspecified atom stereocenters. The number of nitrogens with zero attached hydrogens (tertiary/aromatic N) is 3. The Bertz CT molecular complexity index is 1770. The van der Waals surface area contributed by atoms with Gasteiger partial charge in [0.25, 0.3) is 0 Å². The highest BCUT2D eigenvalue weighted by Gasteiger charge is 2.20. The first-order valence-corrected chi connectivity index (χ1v) is 11.4. The molecule has 0 atom stereocenters. The number of hydrogen-bond donors (Lipinski definition) is 0. The van der Waals surface area contributed by atoms with Crippen LogP contribution in [0.5, 0.6) is 0 Å². The van der Waals surface area contributed by atoms with E-state index >= 15 is 0 Å². The molecular formula is C32H19N3. The third-order valence-corrected chi connectivity index (χ3v) is 6.48. The summed E-state index contributed by atoms with van der Waals surface area (Å²) in [6, 6.07) is 43.2. The third-order valence-electron chi connectivity index (χ3n) is 6.48. The van der Waals surface area contributed by atoms with Gasteiger partial charge in [0.1, 0.15) is 0 Å². The molecule has 0 amide bonds. The Kier molecular flexibility index (Phi) is 4.88. The first kappa shape index (κ1) is 20.5. The topological polar surface area (TPSA) is 52.5 Å². The van der Waals surface area contributed by atoms with Gasteiger partial charge in [-0.1, -0.05) is 84.9 Å². The van der Waals surface area contributed by atoms with Crippen LogP contribution in [0.15, 0.2) is 115 Å². The van der Waals surface area contributed by atoms with Crippen LogP contribution in [0.1, 0.15) is 11.1 Å². The maximum Gasteiger partial charge on any atom is 0.0998 e. The van der Waals surface area contributed by atoms with E-state index in [-0.39, 0.29) is 0 Å². The fourth-order valence-electron chi connectivity index (χ4n) is 4.95. The Hall–Kier alpha value is -5.12. The summed E-state index contributed by atoms with van der Waals surface area (Å²) >= 11 is 0. The molecule has 162 valence electrons. The SMILES string of the molecule is N#Cc1cccc(C#N)c1-c1cccc2c3ccc(-c4ccccc4)cc3n(-c3ccccc3)c12. The summed E-state index contributed by atoms with van der Waals surface area (Å²) in [5.74, 6) is 0. The molecule has 5 aromatic carbocycles. The lowest BCUT2D eigenvalue weighted by Gasteiger charge is -2.13. The minimum absolute atomic E-state index is 0.492. The zero-order valence-electron chi connectivity index (χ0n) is 18.8. The number of benzene rings is 5. The highest BCUT2D eigenvalue weighted by atomic mass is 15.0. The molecule has 0 bridgehead atoms. The van der Waals surface area contributed by atoms with Crippen molar-refractivity contribution in [1.82, 2.24) is 4.57 Å². The van der Waals surface area contributed by atoms with Gasteiger partial charge in [0.05, 0.1) is 34.3 Å². The van der Waals surface area contributed by atoms with Gasteiger partial charge in [-0.05, 0) is 41.5 Å². The van der Waals surface area contributed by atoms with Crippen LogP contribution in [-0.2, 0) is 0 Å². The molecule has 0 saturated carbocycles. The van der Waals surface area contributed by atoms with Crippen molar-refractivity contribution in [2.45, 2.75) is 0 Å². The Morgan fingerprint density at radius 3 is 1.89 bits per heavy atom. The minimum Gasteiger partial charge on any atom is -0.309 e. The summed E-state index contributed by atoms with van der Waals surface area (Å²) < 4.78 is 2.25. The molecule has 0 saturated heterocycles. The van der Waals surface area contributed by atoms with Gasteiger partial charge in [-0.3, -0.25) is 0 Å². The summed E-state index contributed by atoms with van der Waals surface area (Å²) in [6.07, 6.45) is 0. The normalized spacial score (nSPS) is 10.8. The van der Waals surface area contributed by atoms with Gasteiger partial charge >= 0.3 is 0 Å². The average Bonchev–Trinajstić information content (AvgIpc) is 3.27. The van der Waals surface area contributed by atoms with Gasteiger partial charge in [-0.15, -0.1) is 0 Å². The molecule has 6 aromatic rings. The van der Waals surface area contributed by atoms with Crippen molar-refractivity contribution in [2.75, 3.05) is 0 Å². The van der Waals surface area contributed by atoms with Crippen molar-refractivity contribution < 1.29 is 0 Å². The minimum atomic E-state index is 0.492. The van der Waals surface area contributed by atoms with E-state index in [1.165, 1.54) is 0 Å². The summed E-state index contributed by atoms with van der Waals surface area (Å²) in [5.41, 5.74) is 7.90. The lowest BCUT2D eigenvalue weighted by molar-refractivity contribution is 1.18. The van der Waals surface area contributed by atoms with Crippen molar-refractivity contribution in [3.8, 4) is 40.1 Å². The molecular weight excluding hydrogens is 426 g/mol. The number of rotatable bonds is 3. The fraction of sp³-hybridized carbons (Fsp3) is 0. The summed E-state index contributed by atoms with van der Waals surface area (Å²) in [5, 5.41) is 22.0. The maximum atomic E-state index is 9.89. The van der Waals surface area contributed by atoms with Gasteiger partial charge in [0.2, 0.25) is 0 Å². The Labute approximate surface area is 203 Å². The first-order chi connectivity index (χ1) is 17.3. The van der Waals surface area contributed by atoms with Gasteiger partial charge in [-0.2, -0.15) is 10.5 Å². The fourth-order valence-corrected chi connectivity index (χ4v) is 4.95. The van der Waals surface area contributed by atoms with E-state index in [1.807, 2.05) is 48.5 Å². The van der Waals surface area contributed by atoms with Crippen molar-refractivity contribution in [1.29, 1.82) is 10.5 Å². The number of fused-ring (bicyclic) bond motifs is 3. The lowest BCUT2D eigenvalue weighted by atomic mass is 9.93. The second-order valence-electron chi connectivity index (χ2n) is 8.42. The zero-order valence-corrected chi connectivity index (χ0v) is 18.8. The van der Waals surface area contributed by atoms with Crippen LogP contribution in [0.25, 0.3) is 49.7 Å². The maximum absolute atomic E-state index is 9.89. The largest absolute Gasteiger partial charge is 0.309 e. The predicted octanol–water partition coefficient (Wildman–Crippen LogP) is 7.86. The lowest BCUT2D eigenvalue weighted by Crippen LogP contribution is -1.97. The Morgan fingerprint density at radius 2 is 1.20 bits per heavy atom. The molecule has 3 heteroatoms. The number of nitriles is 2. The average molecular weight is 446 g/mol. The van der Waals surface area contributed by atoms with Gasteiger partial charge in [-0.25, -0.2) is 0 Å². The quantitative estimate of drug-likeness (QED) is 0.278. The smallest absolute Gasteiger partial charge is 0.0998 e. The van der Waals surface area contributed by atoms with E-state index in [4.69, 9.17) is 0 Å². The molecule has 35 heavy (non-hydrogen) atoms. The molecule has 6 rings (SSSR count). The first-order valence-electron chi connectivity index (χ1n) is 11.4. The number of aromatic nitrogens is 1. The van der Waals surface area contributed by atoms with E-state index < -0.39 is 0 Å². The number of para-hydroxylation sites is 2. The van der Waals surface area contributed by atoms with E-state index in [2.05, 4.69) is 65.2 Å². The van der Waals surface area contributed by atoms with E-state index in [0.29, 0.717) is 16.7 Å². The van der Waals surface area contributed by atoms with Crippen LogP contribution in [-0.4, -0.2) is 4.57 Å². The molecule has 0 aliphatic carbocycles. The zero-order chi connectivity index (χ0) is 23.8. The molecule has 0 aliphatic heterocycles. The molecule has 0 aliphatic rings. The van der Waals surface area contributed by atoms with Crippen LogP contribution in [0.3, 0.4) is 0 Å². The second kappa shape index (κ2) is 8.34. The predicted molar refractivity (Wildman–Crippen MR) is 141 cm³/mol. The molecule has 0 radical (unpaired) electrons. The molecule has 0 spiro atoms. The second-order valence-corrected chi connectivity index (χ2v) is 8.42. The van der Waals surface area contributed by atoms with E-state index in [0.717, 1.165) is 44.2 Å². The van der Waals surface area contributed by atoms with Crippen LogP contribution < -0.4 is 0 Å². The van der Waals surface area contributed by atoms with Crippen molar-refractivity contribution in [3.05, 3.63) is 126 Å². The molecule has 0 fully saturated rings.